The lowest BCUT2D eigenvalue weighted by molar-refractivity contribution is 0.0287. The molecule has 0 spiro atoms. The first-order valence-electron chi connectivity index (χ1n) is 5.90. The molecule has 0 aliphatic carbocycles. The van der Waals surface area contributed by atoms with E-state index in [0.29, 0.717) is 5.92 Å². The molecule has 0 radical (unpaired) electrons. The second-order valence-electron chi connectivity index (χ2n) is 5.37. The molecule has 0 unspecified atom stereocenters. The molecular formula is C12H23NO2. The van der Waals surface area contributed by atoms with E-state index >= 15 is 0 Å². The van der Waals surface area contributed by atoms with Crippen LogP contribution in [0.4, 0.5) is 4.79 Å². The normalized spacial score (nSPS) is 21.9. The highest BCUT2D eigenvalue weighted by Crippen LogP contribution is 2.22. The van der Waals surface area contributed by atoms with E-state index in [-0.39, 0.29) is 11.7 Å². The van der Waals surface area contributed by atoms with Gasteiger partial charge in [0, 0.05) is 13.1 Å². The Labute approximate surface area is 92.8 Å². The Morgan fingerprint density at radius 1 is 1.47 bits per heavy atom. The number of ether oxygens (including phenoxy) is 1. The van der Waals surface area contributed by atoms with Crippen molar-refractivity contribution in [3.05, 3.63) is 0 Å². The van der Waals surface area contributed by atoms with Crippen LogP contribution in [0, 0.1) is 5.92 Å². The molecule has 3 heteroatoms. The fourth-order valence-corrected chi connectivity index (χ4v) is 1.97. The van der Waals surface area contributed by atoms with Crippen LogP contribution < -0.4 is 0 Å². The number of nitrogens with zero attached hydrogens (tertiary/aromatic N) is 1. The summed E-state index contributed by atoms with van der Waals surface area (Å²) in [4.78, 5) is 13.6. The van der Waals surface area contributed by atoms with Crippen molar-refractivity contribution in [2.75, 3.05) is 13.1 Å². The summed E-state index contributed by atoms with van der Waals surface area (Å²) in [5.41, 5.74) is -0.375. The van der Waals surface area contributed by atoms with Gasteiger partial charge in [-0.15, -0.1) is 0 Å². The SMILES string of the molecule is CCC[C@H]1CCN(C(=O)OC(C)(C)C)C1. The minimum Gasteiger partial charge on any atom is -0.444 e. The van der Waals surface area contributed by atoms with E-state index in [1.807, 2.05) is 25.7 Å². The van der Waals surface area contributed by atoms with Crippen molar-refractivity contribution in [3.8, 4) is 0 Å². The molecule has 0 bridgehead atoms. The predicted molar refractivity (Wildman–Crippen MR) is 60.8 cm³/mol. The van der Waals surface area contributed by atoms with E-state index < -0.39 is 0 Å². The zero-order valence-corrected chi connectivity index (χ0v) is 10.4. The fourth-order valence-electron chi connectivity index (χ4n) is 1.97. The van der Waals surface area contributed by atoms with Gasteiger partial charge in [-0.3, -0.25) is 0 Å². The average molecular weight is 213 g/mol. The second kappa shape index (κ2) is 4.86. The molecule has 1 saturated heterocycles. The molecule has 15 heavy (non-hydrogen) atoms. The van der Waals surface area contributed by atoms with Crippen molar-refractivity contribution in [3.63, 3.8) is 0 Å². The van der Waals surface area contributed by atoms with Crippen LogP contribution in [0.25, 0.3) is 0 Å². The molecule has 1 rings (SSSR count). The molecule has 88 valence electrons. The monoisotopic (exact) mass is 213 g/mol. The van der Waals surface area contributed by atoms with Crippen LogP contribution >= 0.6 is 0 Å². The van der Waals surface area contributed by atoms with Crippen molar-refractivity contribution < 1.29 is 9.53 Å². The highest BCUT2D eigenvalue weighted by atomic mass is 16.6. The Kier molecular flexibility index (Phi) is 4.00. The van der Waals surface area contributed by atoms with Gasteiger partial charge in [0.1, 0.15) is 5.60 Å². The summed E-state index contributed by atoms with van der Waals surface area (Å²) in [5, 5.41) is 0. The van der Waals surface area contributed by atoms with Crippen LogP contribution in [0.3, 0.4) is 0 Å². The molecule has 0 N–H and O–H groups in total. The Bertz CT molecular complexity index is 220. The summed E-state index contributed by atoms with van der Waals surface area (Å²) in [7, 11) is 0. The molecule has 1 atom stereocenters. The summed E-state index contributed by atoms with van der Waals surface area (Å²) in [6, 6.07) is 0. The van der Waals surface area contributed by atoms with Gasteiger partial charge in [-0.05, 0) is 39.5 Å². The lowest BCUT2D eigenvalue weighted by Gasteiger charge is -2.24. The average Bonchev–Trinajstić information content (AvgIpc) is 2.50. The van der Waals surface area contributed by atoms with Gasteiger partial charge >= 0.3 is 6.09 Å². The summed E-state index contributed by atoms with van der Waals surface area (Å²) in [6.07, 6.45) is 3.40. The highest BCUT2D eigenvalue weighted by Gasteiger charge is 2.28. The van der Waals surface area contributed by atoms with Crippen molar-refractivity contribution in [1.82, 2.24) is 4.90 Å². The van der Waals surface area contributed by atoms with Crippen LogP contribution in [0.5, 0.6) is 0 Å². The number of hydrogen-bond donors (Lipinski definition) is 0. The molecule has 1 heterocycles. The van der Waals surface area contributed by atoms with Gasteiger partial charge in [0.05, 0.1) is 0 Å². The second-order valence-corrected chi connectivity index (χ2v) is 5.37. The quantitative estimate of drug-likeness (QED) is 0.705. The summed E-state index contributed by atoms with van der Waals surface area (Å²) in [5.74, 6) is 0.683. The zero-order valence-electron chi connectivity index (χ0n) is 10.4. The predicted octanol–water partition coefficient (Wildman–Crippen LogP) is 3.04. The Morgan fingerprint density at radius 2 is 2.13 bits per heavy atom. The van der Waals surface area contributed by atoms with E-state index in [4.69, 9.17) is 4.74 Å². The number of amides is 1. The van der Waals surface area contributed by atoms with E-state index in [9.17, 15) is 4.79 Å². The van der Waals surface area contributed by atoms with Crippen LogP contribution in [0.15, 0.2) is 0 Å². The lowest BCUT2D eigenvalue weighted by atomic mass is 10.0. The maximum absolute atomic E-state index is 11.7. The van der Waals surface area contributed by atoms with E-state index in [0.717, 1.165) is 19.5 Å². The zero-order chi connectivity index (χ0) is 11.5. The first kappa shape index (κ1) is 12.3. The van der Waals surface area contributed by atoms with E-state index in [1.54, 1.807) is 0 Å². The van der Waals surface area contributed by atoms with Crippen molar-refractivity contribution in [1.29, 1.82) is 0 Å². The van der Waals surface area contributed by atoms with Gasteiger partial charge in [0.25, 0.3) is 0 Å². The Balaban J connectivity index is 2.37. The molecule has 1 aliphatic rings. The largest absolute Gasteiger partial charge is 0.444 e. The summed E-state index contributed by atoms with van der Waals surface area (Å²) >= 11 is 0. The van der Waals surface area contributed by atoms with E-state index in [2.05, 4.69) is 6.92 Å². The number of likely N-dealkylation sites (tertiary alicyclic amines) is 1. The van der Waals surface area contributed by atoms with Gasteiger partial charge < -0.3 is 9.64 Å². The molecule has 0 saturated carbocycles. The Hall–Kier alpha value is -0.730. The van der Waals surface area contributed by atoms with Gasteiger partial charge in [-0.2, -0.15) is 0 Å². The summed E-state index contributed by atoms with van der Waals surface area (Å²) in [6.45, 7) is 9.65. The number of carbonyl (C=O) groups is 1. The highest BCUT2D eigenvalue weighted by molar-refractivity contribution is 5.68. The van der Waals surface area contributed by atoms with Gasteiger partial charge in [-0.25, -0.2) is 4.79 Å². The van der Waals surface area contributed by atoms with E-state index in [1.165, 1.54) is 12.8 Å². The summed E-state index contributed by atoms with van der Waals surface area (Å²) < 4.78 is 5.34. The third-order valence-electron chi connectivity index (χ3n) is 2.63. The van der Waals surface area contributed by atoms with Crippen LogP contribution in [0.2, 0.25) is 0 Å². The van der Waals surface area contributed by atoms with Gasteiger partial charge in [-0.1, -0.05) is 13.3 Å². The molecule has 1 amide bonds. The van der Waals surface area contributed by atoms with Crippen LogP contribution in [-0.4, -0.2) is 29.7 Å². The van der Waals surface area contributed by atoms with Crippen molar-refractivity contribution in [2.24, 2.45) is 5.92 Å². The van der Waals surface area contributed by atoms with Crippen LogP contribution in [0.1, 0.15) is 47.0 Å². The maximum atomic E-state index is 11.7. The Morgan fingerprint density at radius 3 is 2.67 bits per heavy atom. The van der Waals surface area contributed by atoms with Gasteiger partial charge in [0.15, 0.2) is 0 Å². The van der Waals surface area contributed by atoms with Gasteiger partial charge in [0.2, 0.25) is 0 Å². The number of rotatable bonds is 2. The number of carbonyl (C=O) groups excluding carboxylic acids is 1. The topological polar surface area (TPSA) is 29.5 Å². The molecule has 0 aromatic carbocycles. The molecule has 1 fully saturated rings. The molecule has 3 nitrogen and oxygen atoms in total. The number of hydrogen-bond acceptors (Lipinski definition) is 2. The molecular weight excluding hydrogens is 190 g/mol. The molecule has 1 aliphatic heterocycles. The third kappa shape index (κ3) is 4.10. The molecule has 0 aromatic rings. The minimum atomic E-state index is -0.375. The first-order valence-corrected chi connectivity index (χ1v) is 5.90. The smallest absolute Gasteiger partial charge is 0.410 e. The lowest BCUT2D eigenvalue weighted by Crippen LogP contribution is -2.35. The standard InChI is InChI=1S/C12H23NO2/c1-5-6-10-7-8-13(9-10)11(14)15-12(2,3)4/h10H,5-9H2,1-4H3/t10-/m0/s1. The molecule has 0 aromatic heterocycles. The minimum absolute atomic E-state index is 0.152. The maximum Gasteiger partial charge on any atom is 0.410 e. The van der Waals surface area contributed by atoms with Crippen LogP contribution in [-0.2, 0) is 4.74 Å². The first-order chi connectivity index (χ1) is 6.92. The third-order valence-corrected chi connectivity index (χ3v) is 2.63. The van der Waals surface area contributed by atoms with Crippen molar-refractivity contribution >= 4 is 6.09 Å². The fraction of sp³-hybridized carbons (Fsp3) is 0.917. The van der Waals surface area contributed by atoms with Crippen molar-refractivity contribution in [2.45, 2.75) is 52.6 Å².